The average molecular weight is 448 g/mol. The van der Waals surface area contributed by atoms with Gasteiger partial charge in [0.2, 0.25) is 0 Å². The van der Waals surface area contributed by atoms with Crippen LogP contribution in [0.5, 0.6) is 5.75 Å². The number of thiophene rings is 1. The Morgan fingerprint density at radius 1 is 1.20 bits per heavy atom. The van der Waals surface area contributed by atoms with Crippen molar-refractivity contribution in [2.45, 2.75) is 43.1 Å². The summed E-state index contributed by atoms with van der Waals surface area (Å²) in [5.74, 6) is -1.00. The first-order chi connectivity index (χ1) is 14.3. The molecule has 9 heteroatoms. The fourth-order valence-electron chi connectivity index (χ4n) is 4.82. The number of carbonyl (C=O) groups excluding carboxylic acids is 1. The smallest absolute Gasteiger partial charge is 0.306 e. The third-order valence-corrected chi connectivity index (χ3v) is 10.3. The number of aliphatic carboxylic acids is 1. The molecule has 5 rings (SSSR count). The molecule has 1 saturated carbocycles. The quantitative estimate of drug-likeness (QED) is 0.749. The van der Waals surface area contributed by atoms with Gasteiger partial charge in [-0.1, -0.05) is 12.1 Å². The number of nitrogens with one attached hydrogen (secondary N) is 1. The van der Waals surface area contributed by atoms with Gasteiger partial charge in [0.25, 0.3) is 5.91 Å². The molecule has 2 fully saturated rings. The van der Waals surface area contributed by atoms with Crippen LogP contribution in [-0.4, -0.2) is 41.9 Å². The molecule has 2 N–H and O–H groups in total. The summed E-state index contributed by atoms with van der Waals surface area (Å²) in [6.07, 6.45) is 0.906. The van der Waals surface area contributed by atoms with Crippen molar-refractivity contribution in [3.05, 3.63) is 40.8 Å². The van der Waals surface area contributed by atoms with E-state index in [0.29, 0.717) is 17.9 Å². The fourth-order valence-corrected chi connectivity index (χ4v) is 8.31. The van der Waals surface area contributed by atoms with Crippen molar-refractivity contribution in [3.63, 3.8) is 0 Å². The first kappa shape index (κ1) is 19.6. The number of carboxylic acid groups (broad SMARTS) is 1. The lowest BCUT2D eigenvalue weighted by atomic mass is 9.70. The van der Waals surface area contributed by atoms with Gasteiger partial charge in [-0.3, -0.25) is 9.59 Å². The van der Waals surface area contributed by atoms with E-state index < -0.39 is 26.5 Å². The van der Waals surface area contributed by atoms with Gasteiger partial charge in [-0.2, -0.15) is 0 Å². The molecule has 2 aromatic rings. The summed E-state index contributed by atoms with van der Waals surface area (Å²) in [6, 6.07) is 9.28. The average Bonchev–Trinajstić information content (AvgIpc) is 3.12. The van der Waals surface area contributed by atoms with Crippen molar-refractivity contribution in [3.8, 4) is 16.2 Å². The number of carbonyl (C=O) groups is 2. The SMILES string of the molecule is O=C(NC1CCS(=O)(=O)C2(C1)CC(C(=O)O)C2)c1cc2c(s1)-c1ccccc1OC2. The van der Waals surface area contributed by atoms with E-state index in [4.69, 9.17) is 9.84 Å². The molecule has 1 aromatic carbocycles. The maximum Gasteiger partial charge on any atom is 0.306 e. The number of hydrogen-bond donors (Lipinski definition) is 2. The lowest BCUT2D eigenvalue weighted by molar-refractivity contribution is -0.145. The number of amides is 1. The van der Waals surface area contributed by atoms with Gasteiger partial charge in [0, 0.05) is 22.0 Å². The van der Waals surface area contributed by atoms with E-state index >= 15 is 0 Å². The molecule has 3 heterocycles. The number of sulfone groups is 1. The van der Waals surface area contributed by atoms with Crippen LogP contribution in [0, 0.1) is 5.92 Å². The van der Waals surface area contributed by atoms with Crippen LogP contribution in [0.4, 0.5) is 0 Å². The van der Waals surface area contributed by atoms with E-state index in [2.05, 4.69) is 5.32 Å². The van der Waals surface area contributed by atoms with Gasteiger partial charge in [-0.25, -0.2) is 8.42 Å². The van der Waals surface area contributed by atoms with Gasteiger partial charge < -0.3 is 15.2 Å². The van der Waals surface area contributed by atoms with Gasteiger partial charge in [0.05, 0.1) is 21.3 Å². The van der Waals surface area contributed by atoms with E-state index in [9.17, 15) is 18.0 Å². The molecule has 1 amide bonds. The zero-order chi connectivity index (χ0) is 21.1. The molecule has 7 nitrogen and oxygen atoms in total. The van der Waals surface area contributed by atoms with Crippen molar-refractivity contribution in [1.82, 2.24) is 5.32 Å². The van der Waals surface area contributed by atoms with Gasteiger partial charge in [0.15, 0.2) is 9.84 Å². The Morgan fingerprint density at radius 3 is 2.73 bits per heavy atom. The van der Waals surface area contributed by atoms with Crippen LogP contribution < -0.4 is 10.1 Å². The number of carboxylic acids is 1. The topological polar surface area (TPSA) is 110 Å². The Bertz CT molecular complexity index is 1150. The number of fused-ring (bicyclic) bond motifs is 3. The van der Waals surface area contributed by atoms with E-state index in [-0.39, 0.29) is 37.0 Å². The maximum atomic E-state index is 12.9. The molecule has 30 heavy (non-hydrogen) atoms. The molecule has 2 aliphatic heterocycles. The lowest BCUT2D eigenvalue weighted by Crippen LogP contribution is -2.60. The van der Waals surface area contributed by atoms with Crippen LogP contribution in [0.25, 0.3) is 10.4 Å². The summed E-state index contributed by atoms with van der Waals surface area (Å²) in [5, 5.41) is 12.1. The predicted molar refractivity (Wildman–Crippen MR) is 111 cm³/mol. The van der Waals surface area contributed by atoms with Crippen molar-refractivity contribution in [2.75, 3.05) is 5.75 Å². The molecule has 3 aliphatic rings. The fraction of sp³-hybridized carbons (Fsp3) is 0.429. The zero-order valence-corrected chi connectivity index (χ0v) is 17.7. The second kappa shape index (κ2) is 6.81. The second-order valence-electron chi connectivity index (χ2n) is 8.36. The molecule has 1 aliphatic carbocycles. The lowest BCUT2D eigenvalue weighted by Gasteiger charge is -2.49. The minimum atomic E-state index is -3.35. The molecule has 1 spiro atoms. The summed E-state index contributed by atoms with van der Waals surface area (Å²) < 4.78 is 29.9. The van der Waals surface area contributed by atoms with Crippen LogP contribution in [0.3, 0.4) is 0 Å². The van der Waals surface area contributed by atoms with Crippen molar-refractivity contribution >= 4 is 33.1 Å². The van der Waals surface area contributed by atoms with Crippen LogP contribution in [0.2, 0.25) is 0 Å². The molecule has 0 radical (unpaired) electrons. The standard InChI is InChI=1S/C21H21NO6S2/c23-19(17-7-12-11-28-16-4-2-1-3-15(16)18(12)29-17)22-14-5-6-30(26,27)21(10-14)8-13(9-21)20(24)25/h1-4,7,13-14H,5-6,8-11H2,(H,22,23)(H,24,25). The third-order valence-electron chi connectivity index (χ3n) is 6.48. The Hall–Kier alpha value is -2.39. The van der Waals surface area contributed by atoms with Crippen LogP contribution in [0.1, 0.15) is 40.9 Å². The van der Waals surface area contributed by atoms with E-state index in [1.165, 1.54) is 11.3 Å². The second-order valence-corrected chi connectivity index (χ2v) is 11.9. The highest BCUT2D eigenvalue weighted by Crippen LogP contribution is 2.50. The first-order valence-electron chi connectivity index (χ1n) is 9.89. The van der Waals surface area contributed by atoms with Crippen LogP contribution >= 0.6 is 11.3 Å². The summed E-state index contributed by atoms with van der Waals surface area (Å²) in [4.78, 5) is 25.7. The summed E-state index contributed by atoms with van der Waals surface area (Å²) >= 11 is 1.41. The minimum Gasteiger partial charge on any atom is -0.488 e. The van der Waals surface area contributed by atoms with Gasteiger partial charge in [0.1, 0.15) is 12.4 Å². The highest BCUT2D eigenvalue weighted by Gasteiger charge is 2.58. The molecule has 1 saturated heterocycles. The molecule has 158 valence electrons. The van der Waals surface area contributed by atoms with Crippen LogP contribution in [0.15, 0.2) is 30.3 Å². The van der Waals surface area contributed by atoms with E-state index in [0.717, 1.165) is 21.8 Å². The number of hydrogen-bond acceptors (Lipinski definition) is 6. The zero-order valence-electron chi connectivity index (χ0n) is 16.1. The van der Waals surface area contributed by atoms with Crippen molar-refractivity contribution in [2.24, 2.45) is 5.92 Å². The summed E-state index contributed by atoms with van der Waals surface area (Å²) in [6.45, 7) is 0.414. The summed E-state index contributed by atoms with van der Waals surface area (Å²) in [7, 11) is -3.35. The summed E-state index contributed by atoms with van der Waals surface area (Å²) in [5.41, 5.74) is 1.94. The Labute approximate surface area is 178 Å². The predicted octanol–water partition coefficient (Wildman–Crippen LogP) is 2.85. The largest absolute Gasteiger partial charge is 0.488 e. The maximum absolute atomic E-state index is 12.9. The molecule has 1 aromatic heterocycles. The van der Waals surface area contributed by atoms with E-state index in [1.54, 1.807) is 0 Å². The third kappa shape index (κ3) is 3.02. The molecular weight excluding hydrogens is 426 g/mol. The Balaban J connectivity index is 1.32. The van der Waals surface area contributed by atoms with Gasteiger partial charge in [-0.05, 0) is 43.9 Å². The number of para-hydroxylation sites is 1. The molecular formula is C21H21NO6S2. The number of ether oxygens (including phenoxy) is 1. The molecule has 0 bridgehead atoms. The first-order valence-corrected chi connectivity index (χ1v) is 12.4. The van der Waals surface area contributed by atoms with Crippen molar-refractivity contribution in [1.29, 1.82) is 0 Å². The minimum absolute atomic E-state index is 0.0214. The Morgan fingerprint density at radius 2 is 1.97 bits per heavy atom. The van der Waals surface area contributed by atoms with Gasteiger partial charge >= 0.3 is 5.97 Å². The van der Waals surface area contributed by atoms with Crippen molar-refractivity contribution < 1.29 is 27.9 Å². The normalized spacial score (nSPS) is 28.5. The highest BCUT2D eigenvalue weighted by atomic mass is 32.2. The van der Waals surface area contributed by atoms with Crippen LogP contribution in [-0.2, 0) is 21.2 Å². The number of rotatable bonds is 3. The Kier molecular flexibility index (Phi) is 4.44. The highest BCUT2D eigenvalue weighted by molar-refractivity contribution is 7.92. The van der Waals surface area contributed by atoms with E-state index in [1.807, 2.05) is 30.3 Å². The molecule has 1 unspecified atom stereocenters. The van der Waals surface area contributed by atoms with Gasteiger partial charge in [-0.15, -0.1) is 11.3 Å². The monoisotopic (exact) mass is 447 g/mol. The molecule has 1 atom stereocenters. The number of benzene rings is 1.